The fourth-order valence-electron chi connectivity index (χ4n) is 2.82. The molecule has 3 N–H and O–H groups in total. The Labute approximate surface area is 166 Å². The van der Waals surface area contributed by atoms with Crippen molar-refractivity contribution in [3.05, 3.63) is 77.3 Å². The summed E-state index contributed by atoms with van der Waals surface area (Å²) < 4.78 is 5.49. The molecule has 0 fully saturated rings. The lowest BCUT2D eigenvalue weighted by atomic mass is 9.96. The fourth-order valence-corrected chi connectivity index (χ4v) is 2.82. The molecular weight excluding hydrogens is 354 g/mol. The van der Waals surface area contributed by atoms with Crippen LogP contribution in [0, 0.1) is 5.92 Å². The Kier molecular flexibility index (Phi) is 8.92. The van der Waals surface area contributed by atoms with Gasteiger partial charge in [-0.25, -0.2) is 0 Å². The molecule has 0 aliphatic carbocycles. The molecule has 1 aromatic carbocycles. The smallest absolute Gasteiger partial charge is 0.125 e. The number of hydrogen-bond acceptors (Lipinski definition) is 5. The standard InChI is InChI=1S/C23H29NO4/c1-17(2)18(16-22(27)20-10-5-6-13-24-20)8-7-11-21(26)19-9-3-4-12-23(19)28-15-14-25/h3-7,9-10,12-13,17,21-22,25-27H,11,14-16H2,1-2H3/t8?,21-,22-/m1/s1. The van der Waals surface area contributed by atoms with Gasteiger partial charge < -0.3 is 20.1 Å². The Morgan fingerprint density at radius 1 is 1.11 bits per heavy atom. The summed E-state index contributed by atoms with van der Waals surface area (Å²) in [5.41, 5.74) is 5.53. The topological polar surface area (TPSA) is 82.8 Å². The van der Waals surface area contributed by atoms with E-state index in [1.54, 1.807) is 24.4 Å². The second kappa shape index (κ2) is 11.4. The van der Waals surface area contributed by atoms with Crippen molar-refractivity contribution >= 4 is 0 Å². The lowest BCUT2D eigenvalue weighted by Crippen LogP contribution is -2.06. The van der Waals surface area contributed by atoms with Crippen LogP contribution in [-0.4, -0.2) is 33.5 Å². The maximum atomic E-state index is 10.5. The van der Waals surface area contributed by atoms with Crippen LogP contribution in [0.3, 0.4) is 0 Å². The maximum absolute atomic E-state index is 10.5. The van der Waals surface area contributed by atoms with Gasteiger partial charge in [-0.2, -0.15) is 0 Å². The normalized spacial score (nSPS) is 12.9. The van der Waals surface area contributed by atoms with Crippen LogP contribution in [0.5, 0.6) is 5.75 Å². The van der Waals surface area contributed by atoms with Gasteiger partial charge in [-0.3, -0.25) is 4.98 Å². The summed E-state index contributed by atoms with van der Waals surface area (Å²) in [6.45, 7) is 4.21. The van der Waals surface area contributed by atoms with E-state index in [1.807, 2.05) is 30.3 Å². The van der Waals surface area contributed by atoms with Gasteiger partial charge in [-0.05, 0) is 35.8 Å². The number of pyridine rings is 1. The molecule has 0 amide bonds. The largest absolute Gasteiger partial charge is 0.491 e. The van der Waals surface area contributed by atoms with Crippen molar-refractivity contribution in [3.8, 4) is 5.75 Å². The zero-order valence-corrected chi connectivity index (χ0v) is 16.5. The van der Waals surface area contributed by atoms with Crippen molar-refractivity contribution in [3.63, 3.8) is 0 Å². The molecule has 0 radical (unpaired) electrons. The van der Waals surface area contributed by atoms with Crippen LogP contribution in [0.1, 0.15) is 50.2 Å². The van der Waals surface area contributed by atoms with Crippen molar-refractivity contribution in [2.24, 2.45) is 5.92 Å². The van der Waals surface area contributed by atoms with Gasteiger partial charge in [0.1, 0.15) is 18.5 Å². The number of aromatic nitrogens is 1. The third-order valence-corrected chi connectivity index (χ3v) is 4.39. The highest BCUT2D eigenvalue weighted by Crippen LogP contribution is 2.28. The molecule has 2 rings (SSSR count). The van der Waals surface area contributed by atoms with Crippen LogP contribution in [0.15, 0.2) is 66.0 Å². The summed E-state index contributed by atoms with van der Waals surface area (Å²) in [7, 11) is 0. The molecule has 0 saturated carbocycles. The predicted molar refractivity (Wildman–Crippen MR) is 109 cm³/mol. The first-order valence-corrected chi connectivity index (χ1v) is 9.56. The number of rotatable bonds is 10. The van der Waals surface area contributed by atoms with Crippen molar-refractivity contribution in [2.75, 3.05) is 13.2 Å². The quantitative estimate of drug-likeness (QED) is 0.545. The van der Waals surface area contributed by atoms with Gasteiger partial charge in [0.15, 0.2) is 0 Å². The minimum Gasteiger partial charge on any atom is -0.491 e. The maximum Gasteiger partial charge on any atom is 0.125 e. The average molecular weight is 383 g/mol. The summed E-state index contributed by atoms with van der Waals surface area (Å²) in [4.78, 5) is 4.20. The van der Waals surface area contributed by atoms with E-state index in [-0.39, 0.29) is 19.1 Å². The third kappa shape index (κ3) is 6.63. The van der Waals surface area contributed by atoms with E-state index in [0.717, 1.165) is 5.57 Å². The molecule has 0 spiro atoms. The van der Waals surface area contributed by atoms with E-state index in [4.69, 9.17) is 9.84 Å². The highest BCUT2D eigenvalue weighted by Gasteiger charge is 2.14. The monoisotopic (exact) mass is 383 g/mol. The van der Waals surface area contributed by atoms with E-state index in [1.165, 1.54) is 0 Å². The molecule has 0 aliphatic heterocycles. The number of aliphatic hydroxyl groups is 3. The highest BCUT2D eigenvalue weighted by atomic mass is 16.5. The lowest BCUT2D eigenvalue weighted by Gasteiger charge is -2.15. The molecule has 1 heterocycles. The highest BCUT2D eigenvalue weighted by molar-refractivity contribution is 5.35. The van der Waals surface area contributed by atoms with Gasteiger partial charge in [0.2, 0.25) is 0 Å². The first-order chi connectivity index (χ1) is 13.5. The van der Waals surface area contributed by atoms with Crippen LogP contribution in [0.25, 0.3) is 0 Å². The van der Waals surface area contributed by atoms with Gasteiger partial charge in [0.05, 0.1) is 18.4 Å². The summed E-state index contributed by atoms with van der Waals surface area (Å²) >= 11 is 0. The van der Waals surface area contributed by atoms with Crippen LogP contribution >= 0.6 is 0 Å². The molecule has 2 atom stereocenters. The SMILES string of the molecule is CC(C)C(=C=CC[C@@H](O)c1ccccc1OCCO)C[C@@H](O)c1ccccn1. The molecular formula is C23H29NO4. The van der Waals surface area contributed by atoms with E-state index < -0.39 is 12.2 Å². The van der Waals surface area contributed by atoms with E-state index >= 15 is 0 Å². The van der Waals surface area contributed by atoms with E-state index in [9.17, 15) is 10.2 Å². The molecule has 28 heavy (non-hydrogen) atoms. The van der Waals surface area contributed by atoms with E-state index in [0.29, 0.717) is 29.8 Å². The number of hydrogen-bond donors (Lipinski definition) is 3. The van der Waals surface area contributed by atoms with Gasteiger partial charge in [0, 0.05) is 24.6 Å². The Morgan fingerprint density at radius 2 is 1.86 bits per heavy atom. The molecule has 5 nitrogen and oxygen atoms in total. The van der Waals surface area contributed by atoms with E-state index in [2.05, 4.69) is 24.6 Å². The van der Waals surface area contributed by atoms with Crippen molar-refractivity contribution in [1.29, 1.82) is 0 Å². The molecule has 0 bridgehead atoms. The average Bonchev–Trinajstić information content (AvgIpc) is 2.72. The zero-order valence-electron chi connectivity index (χ0n) is 16.5. The molecule has 1 aromatic heterocycles. The number of ether oxygens (including phenoxy) is 1. The lowest BCUT2D eigenvalue weighted by molar-refractivity contribution is 0.166. The zero-order chi connectivity index (χ0) is 20.4. The fraction of sp³-hybridized carbons (Fsp3) is 0.391. The molecule has 0 unspecified atom stereocenters. The summed E-state index contributed by atoms with van der Waals surface area (Å²) in [5, 5.41) is 29.9. The summed E-state index contributed by atoms with van der Waals surface area (Å²) in [6, 6.07) is 12.7. The van der Waals surface area contributed by atoms with Crippen LogP contribution in [-0.2, 0) is 0 Å². The number of benzene rings is 1. The summed E-state index contributed by atoms with van der Waals surface area (Å²) in [6.07, 6.45) is 2.86. The van der Waals surface area contributed by atoms with Crippen LogP contribution < -0.4 is 4.74 Å². The van der Waals surface area contributed by atoms with Crippen molar-refractivity contribution in [2.45, 2.75) is 38.9 Å². The summed E-state index contributed by atoms with van der Waals surface area (Å²) in [5.74, 6) is 0.781. The first-order valence-electron chi connectivity index (χ1n) is 9.56. The van der Waals surface area contributed by atoms with Gasteiger partial charge >= 0.3 is 0 Å². The Balaban J connectivity index is 2.09. The molecule has 150 valence electrons. The minimum atomic E-state index is -0.739. The predicted octanol–water partition coefficient (Wildman–Crippen LogP) is 3.74. The van der Waals surface area contributed by atoms with Gasteiger partial charge in [-0.15, -0.1) is 5.73 Å². The Morgan fingerprint density at radius 3 is 2.54 bits per heavy atom. The van der Waals surface area contributed by atoms with Crippen molar-refractivity contribution in [1.82, 2.24) is 4.98 Å². The third-order valence-electron chi connectivity index (χ3n) is 4.39. The second-order valence-corrected chi connectivity index (χ2v) is 6.86. The first kappa shape index (κ1) is 21.9. The molecule has 5 heteroatoms. The van der Waals surface area contributed by atoms with Gasteiger partial charge in [0.25, 0.3) is 0 Å². The Hall–Kier alpha value is -2.43. The minimum absolute atomic E-state index is 0.0799. The molecule has 0 saturated heterocycles. The number of aliphatic hydroxyl groups excluding tert-OH is 3. The van der Waals surface area contributed by atoms with Gasteiger partial charge in [-0.1, -0.05) is 38.1 Å². The van der Waals surface area contributed by atoms with Crippen LogP contribution in [0.4, 0.5) is 0 Å². The number of para-hydroxylation sites is 1. The second-order valence-electron chi connectivity index (χ2n) is 6.86. The van der Waals surface area contributed by atoms with Crippen molar-refractivity contribution < 1.29 is 20.1 Å². The molecule has 2 aromatic rings. The molecule has 0 aliphatic rings. The number of nitrogens with zero attached hydrogens (tertiary/aromatic N) is 1. The Bertz CT molecular complexity index is 782. The van der Waals surface area contributed by atoms with Crippen LogP contribution in [0.2, 0.25) is 0 Å².